The second kappa shape index (κ2) is 8.82. The lowest BCUT2D eigenvalue weighted by Gasteiger charge is -1.44. The minimum atomic E-state index is 0. The van der Waals surface area contributed by atoms with Gasteiger partial charge >= 0.3 is 0 Å². The Labute approximate surface area is 47.2 Å². The predicted octanol–water partition coefficient (Wildman–Crippen LogP) is 2.36. The van der Waals surface area contributed by atoms with Crippen molar-refractivity contribution in [3.63, 3.8) is 0 Å². The van der Waals surface area contributed by atoms with Crippen molar-refractivity contribution in [2.24, 2.45) is 0 Å². The zero-order valence-corrected chi connectivity index (χ0v) is 4.65. The molecule has 0 aliphatic heterocycles. The van der Waals surface area contributed by atoms with E-state index in [1.807, 2.05) is 0 Å². The molecular weight excluding hydrogens is 130 g/mol. The molecule has 5 heavy (non-hydrogen) atoms. The lowest BCUT2D eigenvalue weighted by Crippen LogP contribution is -1.11. The Bertz CT molecular complexity index is 20.1. The Morgan fingerprint density at radius 2 is 1.20 bits per heavy atom. The number of halogens is 3. The summed E-state index contributed by atoms with van der Waals surface area (Å²) in [5.74, 6) is 0. The van der Waals surface area contributed by atoms with Crippen LogP contribution in [0.2, 0.25) is 0 Å². The quantitative estimate of drug-likeness (QED) is 0.476. The molecule has 0 saturated carbocycles. The molecule has 0 rings (SSSR count). The summed E-state index contributed by atoms with van der Waals surface area (Å²) in [5.41, 5.74) is 2.48. The Morgan fingerprint density at radius 1 is 1.00 bits per heavy atom. The van der Waals surface area contributed by atoms with Gasteiger partial charge in [-0.2, -0.15) is 0 Å². The molecule has 0 saturated heterocycles. The minimum Gasteiger partial charge on any atom is -0.147 e. The fourth-order valence-electron chi connectivity index (χ4n) is 0. The predicted molar refractivity (Wildman–Crippen MR) is 28.1 cm³/mol. The molecule has 0 aromatic rings. The average molecular weight is 133 g/mol. The van der Waals surface area contributed by atoms with Gasteiger partial charge < -0.3 is 0 Å². The van der Waals surface area contributed by atoms with Gasteiger partial charge in [-0.05, 0) is 0 Å². The molecule has 3 heteroatoms. The molecule has 32 valence electrons. The highest BCUT2D eigenvalue weighted by Gasteiger charge is 1.40. The SMILES string of the molecule is Cl.ClC=CCl. The third kappa shape index (κ3) is 12.1. The summed E-state index contributed by atoms with van der Waals surface area (Å²) in [7, 11) is 0. The monoisotopic (exact) mass is 132 g/mol. The number of rotatable bonds is 0. The first-order chi connectivity index (χ1) is 1.91. The summed E-state index contributed by atoms with van der Waals surface area (Å²) in [6.45, 7) is 0. The molecule has 0 amide bonds. The standard InChI is InChI=1S/C2H2Cl2.ClH/c3-1-2-4;/h1-2H;1H. The van der Waals surface area contributed by atoms with E-state index in [1.165, 1.54) is 11.1 Å². The van der Waals surface area contributed by atoms with Gasteiger partial charge in [0, 0.05) is 11.1 Å². The van der Waals surface area contributed by atoms with Crippen molar-refractivity contribution in [3.8, 4) is 0 Å². The van der Waals surface area contributed by atoms with E-state index < -0.39 is 0 Å². The summed E-state index contributed by atoms with van der Waals surface area (Å²) >= 11 is 9.75. The largest absolute Gasteiger partial charge is 0.147 e. The van der Waals surface area contributed by atoms with Gasteiger partial charge in [-0.3, -0.25) is 0 Å². The lowest BCUT2D eigenvalue weighted by molar-refractivity contribution is 2.51. The van der Waals surface area contributed by atoms with Crippen LogP contribution in [0.5, 0.6) is 0 Å². The van der Waals surface area contributed by atoms with Crippen molar-refractivity contribution < 1.29 is 0 Å². The highest BCUT2D eigenvalue weighted by atomic mass is 35.5. The van der Waals surface area contributed by atoms with Gasteiger partial charge in [0.1, 0.15) is 0 Å². The second-order valence-electron chi connectivity index (χ2n) is 0.252. The van der Waals surface area contributed by atoms with Gasteiger partial charge in [-0.25, -0.2) is 0 Å². The van der Waals surface area contributed by atoms with Crippen LogP contribution in [0.4, 0.5) is 0 Å². The van der Waals surface area contributed by atoms with E-state index in [0.29, 0.717) is 0 Å². The van der Waals surface area contributed by atoms with Crippen LogP contribution in [0.25, 0.3) is 0 Å². The first kappa shape index (κ1) is 9.15. The van der Waals surface area contributed by atoms with Crippen LogP contribution in [0.15, 0.2) is 11.1 Å². The molecule has 0 aromatic heterocycles. The van der Waals surface area contributed by atoms with Crippen LogP contribution < -0.4 is 0 Å². The lowest BCUT2D eigenvalue weighted by atomic mass is 11.3. The molecule has 0 nitrogen and oxygen atoms in total. The molecule has 0 unspecified atom stereocenters. The molecular formula is C2H3Cl3. The van der Waals surface area contributed by atoms with Gasteiger partial charge in [0.15, 0.2) is 0 Å². The Kier molecular flexibility index (Phi) is 16.1. The smallest absolute Gasteiger partial charge is 0.0156 e. The molecule has 0 fully saturated rings. The van der Waals surface area contributed by atoms with Crippen LogP contribution in [-0.4, -0.2) is 0 Å². The Hall–Kier alpha value is 0.610. The molecule has 0 radical (unpaired) electrons. The van der Waals surface area contributed by atoms with E-state index in [9.17, 15) is 0 Å². The van der Waals surface area contributed by atoms with Crippen LogP contribution in [-0.2, 0) is 0 Å². The number of hydrogen-bond donors (Lipinski definition) is 0. The maximum absolute atomic E-state index is 4.87. The minimum absolute atomic E-state index is 0. The summed E-state index contributed by atoms with van der Waals surface area (Å²) in [6.07, 6.45) is 0. The summed E-state index contributed by atoms with van der Waals surface area (Å²) in [4.78, 5) is 0. The van der Waals surface area contributed by atoms with E-state index >= 15 is 0 Å². The topological polar surface area (TPSA) is 0 Å². The first-order valence-corrected chi connectivity index (χ1v) is 1.64. The third-order valence-corrected chi connectivity index (χ3v) is 0.429. The molecule has 0 spiro atoms. The van der Waals surface area contributed by atoms with Gasteiger partial charge in [0.2, 0.25) is 0 Å². The molecule has 0 aliphatic rings. The number of hydrogen-bond acceptors (Lipinski definition) is 0. The average Bonchev–Trinajstić information content (AvgIpc) is 1.37. The van der Waals surface area contributed by atoms with Crippen molar-refractivity contribution in [1.82, 2.24) is 0 Å². The van der Waals surface area contributed by atoms with E-state index in [0.717, 1.165) is 0 Å². The zero-order chi connectivity index (χ0) is 3.41. The zero-order valence-electron chi connectivity index (χ0n) is 2.32. The highest BCUT2D eigenvalue weighted by molar-refractivity contribution is 6.33. The van der Waals surface area contributed by atoms with E-state index in [4.69, 9.17) is 23.2 Å². The molecule has 0 N–H and O–H groups in total. The van der Waals surface area contributed by atoms with Crippen molar-refractivity contribution >= 4 is 35.6 Å². The maximum atomic E-state index is 4.87. The fourth-order valence-corrected chi connectivity index (χ4v) is 0. The van der Waals surface area contributed by atoms with Gasteiger partial charge in [0.05, 0.1) is 0 Å². The first-order valence-electron chi connectivity index (χ1n) is 0.770. The summed E-state index contributed by atoms with van der Waals surface area (Å²) in [5, 5.41) is 0. The van der Waals surface area contributed by atoms with E-state index in [1.54, 1.807) is 0 Å². The maximum Gasteiger partial charge on any atom is 0.0156 e. The van der Waals surface area contributed by atoms with Crippen molar-refractivity contribution in [2.45, 2.75) is 0 Å². The van der Waals surface area contributed by atoms with Crippen LogP contribution in [0.1, 0.15) is 0 Å². The highest BCUT2D eigenvalue weighted by Crippen LogP contribution is 1.78. The summed E-state index contributed by atoms with van der Waals surface area (Å²) < 4.78 is 0. The summed E-state index contributed by atoms with van der Waals surface area (Å²) in [6, 6.07) is 0. The normalized spacial score (nSPS) is 7.60. The molecule has 0 heterocycles. The van der Waals surface area contributed by atoms with Crippen molar-refractivity contribution in [2.75, 3.05) is 0 Å². The van der Waals surface area contributed by atoms with Gasteiger partial charge in [-0.1, -0.05) is 23.2 Å². The van der Waals surface area contributed by atoms with Crippen LogP contribution in [0.3, 0.4) is 0 Å². The van der Waals surface area contributed by atoms with Gasteiger partial charge in [-0.15, -0.1) is 12.4 Å². The molecule has 0 bridgehead atoms. The van der Waals surface area contributed by atoms with E-state index in [-0.39, 0.29) is 12.4 Å². The van der Waals surface area contributed by atoms with Gasteiger partial charge in [0.25, 0.3) is 0 Å². The Balaban J connectivity index is 0. The molecule has 0 atom stereocenters. The third-order valence-electron chi connectivity index (χ3n) is 0.0476. The molecule has 0 aliphatic carbocycles. The molecule has 0 aromatic carbocycles. The Morgan fingerprint density at radius 3 is 1.20 bits per heavy atom. The van der Waals surface area contributed by atoms with E-state index in [2.05, 4.69) is 0 Å². The van der Waals surface area contributed by atoms with Crippen molar-refractivity contribution in [1.29, 1.82) is 0 Å². The van der Waals surface area contributed by atoms with Crippen LogP contribution >= 0.6 is 35.6 Å². The fraction of sp³-hybridized carbons (Fsp3) is 0. The second-order valence-corrected chi connectivity index (χ2v) is 0.756. The van der Waals surface area contributed by atoms with Crippen LogP contribution in [0, 0.1) is 0 Å². The van der Waals surface area contributed by atoms with Crippen molar-refractivity contribution in [3.05, 3.63) is 11.1 Å².